The minimum absolute atomic E-state index is 0.0695. The van der Waals surface area contributed by atoms with E-state index >= 15 is 0 Å². The number of benzene rings is 2. The summed E-state index contributed by atoms with van der Waals surface area (Å²) in [6.07, 6.45) is 0.559. The predicted molar refractivity (Wildman–Crippen MR) is 93.6 cm³/mol. The molecule has 0 fully saturated rings. The lowest BCUT2D eigenvalue weighted by molar-refractivity contribution is -0.106. The summed E-state index contributed by atoms with van der Waals surface area (Å²) in [4.78, 5) is 12.9. The molecule has 1 amide bonds. The highest BCUT2D eigenvalue weighted by Crippen LogP contribution is 2.26. The Morgan fingerprint density at radius 2 is 1.04 bits per heavy atom. The first kappa shape index (κ1) is 19.1. The van der Waals surface area contributed by atoms with Gasteiger partial charge in [0, 0.05) is 11.4 Å². The molecule has 0 spiro atoms. The number of nitrogens with zero attached hydrogens (tertiary/aromatic N) is 1. The zero-order chi connectivity index (χ0) is 18.7. The molecule has 2 N–H and O–H groups in total. The van der Waals surface area contributed by atoms with Crippen molar-refractivity contribution in [3.63, 3.8) is 0 Å². The standard InChI is InChI=1S/C15H17N3O5S2/c1-16-24(20,21)14-7-3-12(4-8-14)18(11-19)13-5-9-15(10-6-13)25(22,23)17-2/h3-11,16-17H,1-2H3. The predicted octanol–water partition coefficient (Wildman–Crippen LogP) is 0.797. The van der Waals surface area contributed by atoms with E-state index in [-0.39, 0.29) is 9.79 Å². The fourth-order valence-electron chi connectivity index (χ4n) is 2.08. The van der Waals surface area contributed by atoms with E-state index in [1.54, 1.807) is 0 Å². The summed E-state index contributed by atoms with van der Waals surface area (Å²) >= 11 is 0. The lowest BCUT2D eigenvalue weighted by Gasteiger charge is -2.18. The molecular formula is C15H17N3O5S2. The Kier molecular flexibility index (Phi) is 5.58. The second-order valence-corrected chi connectivity index (χ2v) is 8.65. The summed E-state index contributed by atoms with van der Waals surface area (Å²) in [5.41, 5.74) is 0.878. The van der Waals surface area contributed by atoms with Gasteiger partial charge in [0.1, 0.15) is 0 Å². The van der Waals surface area contributed by atoms with Crippen LogP contribution in [0.2, 0.25) is 0 Å². The van der Waals surface area contributed by atoms with Gasteiger partial charge in [0.25, 0.3) is 0 Å². The summed E-state index contributed by atoms with van der Waals surface area (Å²) in [5, 5.41) is 0. The van der Waals surface area contributed by atoms with Crippen LogP contribution in [0.5, 0.6) is 0 Å². The molecule has 0 aromatic heterocycles. The Morgan fingerprint density at radius 1 is 0.720 bits per heavy atom. The van der Waals surface area contributed by atoms with E-state index in [1.807, 2.05) is 0 Å². The van der Waals surface area contributed by atoms with Crippen LogP contribution in [-0.4, -0.2) is 37.3 Å². The maximum absolute atomic E-state index is 11.7. The van der Waals surface area contributed by atoms with Gasteiger partial charge in [0.05, 0.1) is 9.79 Å². The number of hydrogen-bond donors (Lipinski definition) is 2. The third-order valence-corrected chi connectivity index (χ3v) is 6.35. The molecule has 134 valence electrons. The molecule has 10 heteroatoms. The van der Waals surface area contributed by atoms with Gasteiger partial charge in [-0.25, -0.2) is 26.3 Å². The number of carbonyl (C=O) groups is 1. The molecule has 0 saturated heterocycles. The fraction of sp³-hybridized carbons (Fsp3) is 0.133. The van der Waals surface area contributed by atoms with Crippen molar-refractivity contribution in [2.24, 2.45) is 0 Å². The molecular weight excluding hydrogens is 366 g/mol. The first-order chi connectivity index (χ1) is 11.7. The Hall–Kier alpha value is -2.27. The topological polar surface area (TPSA) is 113 Å². The van der Waals surface area contributed by atoms with Gasteiger partial charge in [-0.2, -0.15) is 0 Å². The summed E-state index contributed by atoms with van der Waals surface area (Å²) in [7, 11) is -4.52. The number of hydrogen-bond acceptors (Lipinski definition) is 5. The molecule has 2 rings (SSSR count). The average Bonchev–Trinajstić information content (AvgIpc) is 2.63. The van der Waals surface area contributed by atoms with Gasteiger partial charge in [-0.1, -0.05) is 0 Å². The second kappa shape index (κ2) is 7.31. The van der Waals surface area contributed by atoms with Crippen LogP contribution in [-0.2, 0) is 24.8 Å². The third-order valence-electron chi connectivity index (χ3n) is 3.49. The summed E-state index contributed by atoms with van der Waals surface area (Å²) in [6.45, 7) is 0. The summed E-state index contributed by atoms with van der Waals surface area (Å²) in [5.74, 6) is 0. The Bertz CT molecular complexity index is 876. The van der Waals surface area contributed by atoms with Crippen molar-refractivity contribution < 1.29 is 21.6 Å². The van der Waals surface area contributed by atoms with Crippen LogP contribution in [0.4, 0.5) is 11.4 Å². The molecule has 2 aromatic carbocycles. The first-order valence-corrected chi connectivity index (χ1v) is 10.0. The lowest BCUT2D eigenvalue weighted by atomic mass is 10.2. The minimum Gasteiger partial charge on any atom is -0.284 e. The van der Waals surface area contributed by atoms with Gasteiger partial charge in [-0.3, -0.25) is 9.69 Å². The second-order valence-electron chi connectivity index (χ2n) is 4.88. The number of anilines is 2. The molecule has 0 bridgehead atoms. The van der Waals surface area contributed by atoms with Crippen LogP contribution in [0.15, 0.2) is 58.3 Å². The van der Waals surface area contributed by atoms with Crippen molar-refractivity contribution in [3.8, 4) is 0 Å². The van der Waals surface area contributed by atoms with Crippen LogP contribution in [0.1, 0.15) is 0 Å². The Morgan fingerprint density at radius 3 is 1.28 bits per heavy atom. The molecule has 0 aliphatic heterocycles. The van der Waals surface area contributed by atoms with E-state index in [9.17, 15) is 21.6 Å². The monoisotopic (exact) mass is 383 g/mol. The van der Waals surface area contributed by atoms with Crippen LogP contribution < -0.4 is 14.3 Å². The zero-order valence-electron chi connectivity index (χ0n) is 13.5. The molecule has 0 atom stereocenters. The molecule has 2 aromatic rings. The molecule has 0 unspecified atom stereocenters. The molecule has 25 heavy (non-hydrogen) atoms. The number of amides is 1. The van der Waals surface area contributed by atoms with Gasteiger partial charge in [0.15, 0.2) is 0 Å². The van der Waals surface area contributed by atoms with Crippen molar-refractivity contribution in [1.29, 1.82) is 0 Å². The number of carbonyl (C=O) groups excluding carboxylic acids is 1. The van der Waals surface area contributed by atoms with Gasteiger partial charge >= 0.3 is 0 Å². The smallest absolute Gasteiger partial charge is 0.240 e. The van der Waals surface area contributed by atoms with Gasteiger partial charge in [-0.05, 0) is 62.6 Å². The summed E-state index contributed by atoms with van der Waals surface area (Å²) in [6, 6.07) is 11.4. The van der Waals surface area contributed by atoms with E-state index in [4.69, 9.17) is 0 Å². The highest BCUT2D eigenvalue weighted by atomic mass is 32.2. The van der Waals surface area contributed by atoms with Crippen molar-refractivity contribution in [1.82, 2.24) is 9.44 Å². The highest BCUT2D eigenvalue weighted by molar-refractivity contribution is 7.89. The van der Waals surface area contributed by atoms with Gasteiger partial charge in [0.2, 0.25) is 26.5 Å². The average molecular weight is 383 g/mol. The quantitative estimate of drug-likeness (QED) is 0.687. The van der Waals surface area contributed by atoms with E-state index < -0.39 is 20.0 Å². The lowest BCUT2D eigenvalue weighted by Crippen LogP contribution is -2.19. The van der Waals surface area contributed by atoms with E-state index in [0.29, 0.717) is 17.8 Å². The maximum atomic E-state index is 11.7. The third kappa shape index (κ3) is 4.04. The molecule has 0 aliphatic carbocycles. The van der Waals surface area contributed by atoms with Gasteiger partial charge < -0.3 is 0 Å². The van der Waals surface area contributed by atoms with E-state index in [2.05, 4.69) is 9.44 Å². The molecule has 0 radical (unpaired) electrons. The van der Waals surface area contributed by atoms with Crippen molar-refractivity contribution in [2.45, 2.75) is 9.79 Å². The number of sulfonamides is 2. The van der Waals surface area contributed by atoms with Crippen molar-refractivity contribution >= 4 is 37.8 Å². The minimum atomic E-state index is -3.57. The molecule has 0 saturated carbocycles. The SMILES string of the molecule is CNS(=O)(=O)c1ccc(N(C=O)c2ccc(S(=O)(=O)NC)cc2)cc1. The number of rotatable bonds is 7. The van der Waals surface area contributed by atoms with Crippen LogP contribution >= 0.6 is 0 Å². The van der Waals surface area contributed by atoms with Crippen molar-refractivity contribution in [2.75, 3.05) is 19.0 Å². The normalized spacial score (nSPS) is 11.9. The first-order valence-electron chi connectivity index (χ1n) is 7.07. The Balaban J connectivity index is 2.36. The summed E-state index contributed by atoms with van der Waals surface area (Å²) < 4.78 is 51.3. The molecule has 0 aliphatic rings. The van der Waals surface area contributed by atoms with E-state index in [0.717, 1.165) is 0 Å². The maximum Gasteiger partial charge on any atom is 0.240 e. The van der Waals surface area contributed by atoms with Gasteiger partial charge in [-0.15, -0.1) is 0 Å². The molecule has 0 heterocycles. The largest absolute Gasteiger partial charge is 0.284 e. The van der Waals surface area contributed by atoms with E-state index in [1.165, 1.54) is 67.5 Å². The molecule has 8 nitrogen and oxygen atoms in total. The van der Waals surface area contributed by atoms with Crippen molar-refractivity contribution in [3.05, 3.63) is 48.5 Å². The number of nitrogens with one attached hydrogen (secondary N) is 2. The van der Waals surface area contributed by atoms with Crippen LogP contribution in [0.25, 0.3) is 0 Å². The Labute approximate surface area is 146 Å². The zero-order valence-corrected chi connectivity index (χ0v) is 15.1. The fourth-order valence-corrected chi connectivity index (χ4v) is 3.54. The van der Waals surface area contributed by atoms with Crippen LogP contribution in [0, 0.1) is 0 Å². The highest BCUT2D eigenvalue weighted by Gasteiger charge is 2.15. The van der Waals surface area contributed by atoms with Crippen LogP contribution in [0.3, 0.4) is 0 Å².